The van der Waals surface area contributed by atoms with Crippen molar-refractivity contribution in [3.8, 4) is 0 Å². The Morgan fingerprint density at radius 3 is 2.46 bits per heavy atom. The highest BCUT2D eigenvalue weighted by Crippen LogP contribution is 3.01. The lowest BCUT2D eigenvalue weighted by molar-refractivity contribution is -0.249. The summed E-state index contributed by atoms with van der Waals surface area (Å²) in [6, 6.07) is 10.1. The molecule has 0 amide bonds. The molecule has 0 bridgehead atoms. The van der Waals surface area contributed by atoms with E-state index in [0.29, 0.717) is 6.61 Å². The SMILES string of the molecule is CC1(C)OC2[C@H](OC3C4C2(OCc2ccccc2)C2C(CO)(CO)C342)O1. The quantitative estimate of drug-likeness (QED) is 0.817. The normalized spacial score (nSPS) is 50.2. The van der Waals surface area contributed by atoms with E-state index in [4.69, 9.17) is 18.9 Å². The lowest BCUT2D eigenvalue weighted by atomic mass is 9.74. The standard InChI is InChI=1S/C20H24O6/c1-17(2)25-14-15(26-17)24-13-12-19(13)16(18(19,9-21)10-22)20(12,14)23-8-11-6-4-3-5-7-11/h3-7,12-16,21-22H,8-10H2,1-2H3/t12?,13?,14?,15-,16?,19?,20?/m1/s1. The molecule has 2 saturated heterocycles. The van der Waals surface area contributed by atoms with E-state index in [1.54, 1.807) is 0 Å². The van der Waals surface area contributed by atoms with Crippen molar-refractivity contribution in [1.82, 2.24) is 0 Å². The van der Waals surface area contributed by atoms with Gasteiger partial charge in [-0.3, -0.25) is 0 Å². The Kier molecular flexibility index (Phi) is 2.77. The number of fused-ring (bicyclic) bond motifs is 3. The Labute approximate surface area is 152 Å². The van der Waals surface area contributed by atoms with E-state index in [2.05, 4.69) is 0 Å². The molecule has 140 valence electrons. The summed E-state index contributed by atoms with van der Waals surface area (Å²) in [4.78, 5) is 0. The second kappa shape index (κ2) is 4.51. The predicted octanol–water partition coefficient (Wildman–Crippen LogP) is 1.05. The van der Waals surface area contributed by atoms with Crippen LogP contribution in [0, 0.1) is 22.7 Å². The summed E-state index contributed by atoms with van der Waals surface area (Å²) in [7, 11) is 0. The molecule has 1 aromatic carbocycles. The molecule has 6 rings (SSSR count). The molecule has 2 heterocycles. The van der Waals surface area contributed by atoms with Gasteiger partial charge in [0, 0.05) is 22.7 Å². The van der Waals surface area contributed by atoms with E-state index in [0.717, 1.165) is 5.56 Å². The molecule has 26 heavy (non-hydrogen) atoms. The molecule has 0 radical (unpaired) electrons. The Morgan fingerprint density at radius 1 is 1.04 bits per heavy atom. The van der Waals surface area contributed by atoms with Crippen molar-refractivity contribution in [3.05, 3.63) is 35.9 Å². The summed E-state index contributed by atoms with van der Waals surface area (Å²) in [6.07, 6.45) is -0.825. The molecule has 5 aliphatic rings. The minimum absolute atomic E-state index is 0.0266. The van der Waals surface area contributed by atoms with Crippen molar-refractivity contribution in [2.75, 3.05) is 13.2 Å². The monoisotopic (exact) mass is 360 g/mol. The Bertz CT molecular complexity index is 757. The summed E-state index contributed by atoms with van der Waals surface area (Å²) in [6.45, 7) is 4.13. The van der Waals surface area contributed by atoms with Gasteiger partial charge in [-0.25, -0.2) is 0 Å². The third-order valence-corrected chi connectivity index (χ3v) is 7.60. The molecule has 0 aromatic heterocycles. The van der Waals surface area contributed by atoms with Gasteiger partial charge in [-0.1, -0.05) is 30.3 Å². The topological polar surface area (TPSA) is 77.4 Å². The molecule has 2 N–H and O–H groups in total. The van der Waals surface area contributed by atoms with Crippen LogP contribution in [0.2, 0.25) is 0 Å². The van der Waals surface area contributed by atoms with Crippen LogP contribution in [-0.4, -0.2) is 53.3 Å². The fourth-order valence-electron chi connectivity index (χ4n) is 6.81. The number of hydrogen-bond donors (Lipinski definition) is 2. The second-order valence-corrected chi connectivity index (χ2v) is 8.93. The number of hydrogen-bond acceptors (Lipinski definition) is 6. The molecular weight excluding hydrogens is 336 g/mol. The number of ether oxygens (including phenoxy) is 4. The van der Waals surface area contributed by atoms with Crippen LogP contribution in [0.4, 0.5) is 0 Å². The van der Waals surface area contributed by atoms with Gasteiger partial charge in [-0.15, -0.1) is 0 Å². The van der Waals surface area contributed by atoms with E-state index in [1.807, 2.05) is 44.2 Å². The predicted molar refractivity (Wildman–Crippen MR) is 88.7 cm³/mol. The van der Waals surface area contributed by atoms with Gasteiger partial charge in [0.1, 0.15) is 11.7 Å². The van der Waals surface area contributed by atoms with Crippen LogP contribution in [0.15, 0.2) is 30.3 Å². The van der Waals surface area contributed by atoms with Crippen LogP contribution in [0.5, 0.6) is 0 Å². The van der Waals surface area contributed by atoms with Gasteiger partial charge in [0.05, 0.1) is 25.9 Å². The summed E-state index contributed by atoms with van der Waals surface area (Å²) >= 11 is 0. The van der Waals surface area contributed by atoms with Gasteiger partial charge in [0.25, 0.3) is 0 Å². The first-order valence-electron chi connectivity index (χ1n) is 9.39. The van der Waals surface area contributed by atoms with Crippen molar-refractivity contribution in [1.29, 1.82) is 0 Å². The average Bonchev–Trinajstić information content (AvgIpc) is 3.36. The number of rotatable bonds is 5. The number of aliphatic hydroxyl groups is 2. The van der Waals surface area contributed by atoms with Crippen molar-refractivity contribution >= 4 is 0 Å². The van der Waals surface area contributed by atoms with Crippen LogP contribution in [0.25, 0.3) is 0 Å². The van der Waals surface area contributed by atoms with E-state index in [-0.39, 0.29) is 42.7 Å². The molecular formula is C20H24O6. The third kappa shape index (κ3) is 1.43. The largest absolute Gasteiger partial charge is 0.396 e. The zero-order valence-electron chi connectivity index (χ0n) is 14.9. The van der Waals surface area contributed by atoms with E-state index < -0.39 is 23.1 Å². The molecule has 5 fully saturated rings. The van der Waals surface area contributed by atoms with Crippen LogP contribution in [0.3, 0.4) is 0 Å². The first-order valence-corrected chi connectivity index (χ1v) is 9.39. The highest BCUT2D eigenvalue weighted by molar-refractivity contribution is 5.56. The average molecular weight is 360 g/mol. The van der Waals surface area contributed by atoms with Crippen molar-refractivity contribution in [2.45, 2.75) is 50.3 Å². The van der Waals surface area contributed by atoms with Gasteiger partial charge in [0.2, 0.25) is 0 Å². The number of aliphatic hydroxyl groups excluding tert-OH is 2. The third-order valence-electron chi connectivity index (χ3n) is 7.60. The molecule has 6 unspecified atom stereocenters. The zero-order chi connectivity index (χ0) is 17.9. The molecule has 2 aliphatic heterocycles. The first-order chi connectivity index (χ1) is 12.5. The minimum Gasteiger partial charge on any atom is -0.396 e. The summed E-state index contributed by atoms with van der Waals surface area (Å²) in [5.41, 5.74) is -0.158. The molecule has 1 aromatic rings. The summed E-state index contributed by atoms with van der Waals surface area (Å²) < 4.78 is 25.0. The Morgan fingerprint density at radius 2 is 1.77 bits per heavy atom. The Balaban J connectivity index is 1.38. The number of benzene rings is 1. The van der Waals surface area contributed by atoms with Crippen LogP contribution in [0.1, 0.15) is 19.4 Å². The van der Waals surface area contributed by atoms with Crippen LogP contribution < -0.4 is 0 Å². The van der Waals surface area contributed by atoms with E-state index >= 15 is 0 Å². The lowest BCUT2D eigenvalue weighted by Crippen LogP contribution is -2.61. The fraction of sp³-hybridized carbons (Fsp3) is 0.700. The maximum absolute atomic E-state index is 10.1. The van der Waals surface area contributed by atoms with Crippen molar-refractivity contribution in [2.24, 2.45) is 22.7 Å². The van der Waals surface area contributed by atoms with Gasteiger partial charge in [-0.2, -0.15) is 0 Å². The highest BCUT2D eigenvalue weighted by atomic mass is 16.8. The summed E-state index contributed by atoms with van der Waals surface area (Å²) in [5.74, 6) is -0.533. The summed E-state index contributed by atoms with van der Waals surface area (Å²) in [5, 5.41) is 20.2. The van der Waals surface area contributed by atoms with Gasteiger partial charge < -0.3 is 29.2 Å². The molecule has 6 heteroatoms. The first kappa shape index (κ1) is 16.0. The molecule has 1 spiro atoms. The highest BCUT2D eigenvalue weighted by Gasteiger charge is 3.11. The van der Waals surface area contributed by atoms with Crippen molar-refractivity contribution < 1.29 is 29.2 Å². The van der Waals surface area contributed by atoms with E-state index in [1.165, 1.54) is 0 Å². The Hall–Kier alpha value is -1.02. The maximum Gasteiger partial charge on any atom is 0.190 e. The maximum atomic E-state index is 10.1. The zero-order valence-corrected chi connectivity index (χ0v) is 14.9. The van der Waals surface area contributed by atoms with Crippen molar-refractivity contribution in [3.63, 3.8) is 0 Å². The smallest absolute Gasteiger partial charge is 0.190 e. The molecule has 3 aliphatic carbocycles. The molecule has 6 nitrogen and oxygen atoms in total. The van der Waals surface area contributed by atoms with E-state index in [9.17, 15) is 10.2 Å². The van der Waals surface area contributed by atoms with Gasteiger partial charge in [-0.05, 0) is 19.4 Å². The lowest BCUT2D eigenvalue weighted by Gasteiger charge is -2.46. The second-order valence-electron chi connectivity index (χ2n) is 8.93. The van der Waals surface area contributed by atoms with Gasteiger partial charge in [0.15, 0.2) is 12.1 Å². The van der Waals surface area contributed by atoms with Gasteiger partial charge >= 0.3 is 0 Å². The molecule has 3 saturated carbocycles. The van der Waals surface area contributed by atoms with Crippen LogP contribution >= 0.6 is 0 Å². The van der Waals surface area contributed by atoms with Crippen LogP contribution in [-0.2, 0) is 25.6 Å². The minimum atomic E-state index is -0.733. The fourth-order valence-corrected chi connectivity index (χ4v) is 6.81. The molecule has 7 atom stereocenters.